The number of halogens is 1. The van der Waals surface area contributed by atoms with Crippen molar-refractivity contribution in [3.8, 4) is 22.8 Å². The molecular formula is C12H14ClN3O2. The molecular weight excluding hydrogens is 254 g/mol. The van der Waals surface area contributed by atoms with Gasteiger partial charge in [0.15, 0.2) is 11.5 Å². The van der Waals surface area contributed by atoms with Crippen molar-refractivity contribution >= 4 is 17.4 Å². The van der Waals surface area contributed by atoms with Gasteiger partial charge in [0.05, 0.1) is 19.9 Å². The Balaban J connectivity index is 2.70. The van der Waals surface area contributed by atoms with Gasteiger partial charge in [-0.05, 0) is 13.0 Å². The zero-order valence-corrected chi connectivity index (χ0v) is 11.1. The van der Waals surface area contributed by atoms with Crippen molar-refractivity contribution in [1.82, 2.24) is 10.2 Å². The second kappa shape index (κ2) is 4.78. The first-order chi connectivity index (χ1) is 8.58. The van der Waals surface area contributed by atoms with Crippen LogP contribution >= 0.6 is 11.6 Å². The molecule has 0 fully saturated rings. The monoisotopic (exact) mass is 267 g/mol. The van der Waals surface area contributed by atoms with Gasteiger partial charge in [-0.15, -0.1) is 0 Å². The van der Waals surface area contributed by atoms with Crippen LogP contribution in [0.15, 0.2) is 12.1 Å². The number of ether oxygens (including phenoxy) is 2. The fourth-order valence-electron chi connectivity index (χ4n) is 1.83. The van der Waals surface area contributed by atoms with Crippen LogP contribution in [0.2, 0.25) is 5.02 Å². The lowest BCUT2D eigenvalue weighted by Gasteiger charge is -2.15. The largest absolute Gasteiger partial charge is 0.493 e. The highest BCUT2D eigenvalue weighted by Gasteiger charge is 2.18. The van der Waals surface area contributed by atoms with Gasteiger partial charge in [-0.1, -0.05) is 11.6 Å². The molecule has 2 rings (SSSR count). The summed E-state index contributed by atoms with van der Waals surface area (Å²) < 4.78 is 10.7. The summed E-state index contributed by atoms with van der Waals surface area (Å²) >= 11 is 6.18. The molecule has 3 N–H and O–H groups in total. The van der Waals surface area contributed by atoms with Crippen molar-refractivity contribution in [1.29, 1.82) is 0 Å². The molecule has 0 saturated carbocycles. The van der Waals surface area contributed by atoms with E-state index in [0.29, 0.717) is 22.3 Å². The summed E-state index contributed by atoms with van der Waals surface area (Å²) in [6.07, 6.45) is 0. The van der Waals surface area contributed by atoms with Gasteiger partial charge in [-0.2, -0.15) is 5.10 Å². The molecule has 0 amide bonds. The van der Waals surface area contributed by atoms with Crippen LogP contribution in [0.25, 0.3) is 11.3 Å². The Morgan fingerprint density at radius 1 is 1.22 bits per heavy atom. The van der Waals surface area contributed by atoms with Crippen LogP contribution in [0.4, 0.5) is 5.82 Å². The van der Waals surface area contributed by atoms with Crippen LogP contribution in [0.5, 0.6) is 11.5 Å². The normalized spacial score (nSPS) is 10.4. The summed E-state index contributed by atoms with van der Waals surface area (Å²) in [4.78, 5) is 0. The number of nitrogens with zero attached hydrogens (tertiary/aromatic N) is 1. The van der Waals surface area contributed by atoms with Gasteiger partial charge >= 0.3 is 0 Å². The number of benzene rings is 1. The van der Waals surface area contributed by atoms with Crippen molar-refractivity contribution in [3.63, 3.8) is 0 Å². The number of aromatic amines is 1. The molecule has 0 unspecified atom stereocenters. The topological polar surface area (TPSA) is 73.2 Å². The second-order valence-corrected chi connectivity index (χ2v) is 4.21. The van der Waals surface area contributed by atoms with E-state index < -0.39 is 0 Å². The third-order valence-corrected chi connectivity index (χ3v) is 3.11. The van der Waals surface area contributed by atoms with Crippen LogP contribution in [0.1, 0.15) is 5.56 Å². The summed E-state index contributed by atoms with van der Waals surface area (Å²) in [5, 5.41) is 7.31. The first-order valence-electron chi connectivity index (χ1n) is 5.30. The summed E-state index contributed by atoms with van der Waals surface area (Å²) in [5.74, 6) is 1.61. The summed E-state index contributed by atoms with van der Waals surface area (Å²) in [5.41, 5.74) is 7.91. The molecule has 2 aromatic rings. The Morgan fingerprint density at radius 2 is 1.89 bits per heavy atom. The molecule has 1 aromatic carbocycles. The van der Waals surface area contributed by atoms with Crippen molar-refractivity contribution in [2.45, 2.75) is 6.92 Å². The highest BCUT2D eigenvalue weighted by molar-refractivity contribution is 6.32. The number of nitrogens with two attached hydrogens (primary N) is 1. The number of hydrogen-bond acceptors (Lipinski definition) is 4. The van der Waals surface area contributed by atoms with Crippen LogP contribution in [0, 0.1) is 6.92 Å². The van der Waals surface area contributed by atoms with Crippen molar-refractivity contribution in [2.75, 3.05) is 20.0 Å². The van der Waals surface area contributed by atoms with Crippen LogP contribution in [-0.2, 0) is 0 Å². The van der Waals surface area contributed by atoms with E-state index in [0.717, 1.165) is 16.8 Å². The first-order valence-corrected chi connectivity index (χ1v) is 5.68. The highest BCUT2D eigenvalue weighted by atomic mass is 35.5. The number of methoxy groups -OCH3 is 2. The molecule has 1 heterocycles. The number of nitrogens with one attached hydrogen (secondary N) is 1. The van der Waals surface area contributed by atoms with Gasteiger partial charge in [0.2, 0.25) is 0 Å². The molecule has 5 nitrogen and oxygen atoms in total. The number of hydrogen-bond donors (Lipinski definition) is 2. The lowest BCUT2D eigenvalue weighted by atomic mass is 10.1. The molecule has 0 atom stereocenters. The fourth-order valence-corrected chi connectivity index (χ4v) is 2.02. The molecule has 0 aliphatic rings. The maximum atomic E-state index is 6.18. The smallest absolute Gasteiger partial charge is 0.170 e. The van der Waals surface area contributed by atoms with E-state index in [9.17, 15) is 0 Å². The SMILES string of the molecule is COc1c(-c2cc(N)n[nH]2)cc(Cl)c(C)c1OC. The average molecular weight is 268 g/mol. The number of aromatic nitrogens is 2. The minimum Gasteiger partial charge on any atom is -0.493 e. The minimum absolute atomic E-state index is 0.405. The predicted octanol–water partition coefficient (Wildman–Crippen LogP) is 2.64. The first kappa shape index (κ1) is 12.6. The van der Waals surface area contributed by atoms with E-state index in [4.69, 9.17) is 26.8 Å². The van der Waals surface area contributed by atoms with Gasteiger partial charge in [0.1, 0.15) is 5.82 Å². The van der Waals surface area contributed by atoms with Crippen LogP contribution < -0.4 is 15.2 Å². The minimum atomic E-state index is 0.405. The molecule has 0 bridgehead atoms. The number of nitrogen functional groups attached to an aromatic ring is 1. The van der Waals surface area contributed by atoms with Crippen molar-refractivity contribution < 1.29 is 9.47 Å². The molecule has 0 radical (unpaired) electrons. The Morgan fingerprint density at radius 3 is 2.39 bits per heavy atom. The molecule has 6 heteroatoms. The van der Waals surface area contributed by atoms with Gasteiger partial charge in [-0.25, -0.2) is 0 Å². The molecule has 18 heavy (non-hydrogen) atoms. The van der Waals surface area contributed by atoms with Gasteiger partial charge < -0.3 is 15.2 Å². The molecule has 0 aliphatic heterocycles. The second-order valence-electron chi connectivity index (χ2n) is 3.80. The number of H-pyrrole nitrogens is 1. The van der Waals surface area contributed by atoms with E-state index in [1.165, 1.54) is 0 Å². The fraction of sp³-hybridized carbons (Fsp3) is 0.250. The van der Waals surface area contributed by atoms with E-state index in [-0.39, 0.29) is 0 Å². The van der Waals surface area contributed by atoms with Gasteiger partial charge in [0.25, 0.3) is 0 Å². The third-order valence-electron chi connectivity index (χ3n) is 2.72. The standard InChI is InChI=1S/C12H14ClN3O2/c1-6-8(13)4-7(9-5-10(14)16-15-9)12(18-3)11(6)17-2/h4-5H,1-3H3,(H3,14,15,16). The maximum absolute atomic E-state index is 6.18. The van der Waals surface area contributed by atoms with Crippen molar-refractivity contribution in [3.05, 3.63) is 22.7 Å². The molecule has 96 valence electrons. The molecule has 0 spiro atoms. The summed E-state index contributed by atoms with van der Waals surface area (Å²) in [7, 11) is 3.15. The highest BCUT2D eigenvalue weighted by Crippen LogP contribution is 2.43. The summed E-state index contributed by atoms with van der Waals surface area (Å²) in [6, 6.07) is 3.51. The zero-order chi connectivity index (χ0) is 13.3. The third kappa shape index (κ3) is 1.97. The Hall–Kier alpha value is -1.88. The van der Waals surface area contributed by atoms with E-state index in [1.54, 1.807) is 26.4 Å². The Kier molecular flexibility index (Phi) is 3.34. The van der Waals surface area contributed by atoms with E-state index in [1.807, 2.05) is 6.92 Å². The number of rotatable bonds is 3. The predicted molar refractivity (Wildman–Crippen MR) is 71.3 cm³/mol. The lowest BCUT2D eigenvalue weighted by Crippen LogP contribution is -1.97. The van der Waals surface area contributed by atoms with Crippen molar-refractivity contribution in [2.24, 2.45) is 0 Å². The Bertz CT molecular complexity index is 581. The van der Waals surface area contributed by atoms with E-state index >= 15 is 0 Å². The van der Waals surface area contributed by atoms with E-state index in [2.05, 4.69) is 10.2 Å². The van der Waals surface area contributed by atoms with Gasteiger partial charge in [-0.3, -0.25) is 5.10 Å². The summed E-state index contributed by atoms with van der Waals surface area (Å²) in [6.45, 7) is 1.87. The number of anilines is 1. The molecule has 1 aromatic heterocycles. The molecule has 0 saturated heterocycles. The van der Waals surface area contributed by atoms with Crippen LogP contribution in [0.3, 0.4) is 0 Å². The maximum Gasteiger partial charge on any atom is 0.170 e. The molecule has 0 aliphatic carbocycles. The van der Waals surface area contributed by atoms with Crippen LogP contribution in [-0.4, -0.2) is 24.4 Å². The quantitative estimate of drug-likeness (QED) is 0.897. The zero-order valence-electron chi connectivity index (χ0n) is 10.4. The Labute approximate surface area is 110 Å². The lowest BCUT2D eigenvalue weighted by molar-refractivity contribution is 0.354. The van der Waals surface area contributed by atoms with Gasteiger partial charge in [0, 0.05) is 22.2 Å². The average Bonchev–Trinajstić information content (AvgIpc) is 2.78.